The smallest absolute Gasteiger partial charge is 0.224 e. The van der Waals surface area contributed by atoms with Gasteiger partial charge in [0.1, 0.15) is 5.82 Å². The van der Waals surface area contributed by atoms with Crippen LogP contribution in [0, 0.1) is 11.7 Å². The predicted molar refractivity (Wildman–Crippen MR) is 122 cm³/mol. The van der Waals surface area contributed by atoms with E-state index in [0.29, 0.717) is 0 Å². The Balaban J connectivity index is 1.91. The maximum atomic E-state index is 13.6. The van der Waals surface area contributed by atoms with Crippen molar-refractivity contribution < 1.29 is 21.2 Å². The quantitative estimate of drug-likeness (QED) is 0.463. The Labute approximate surface area is 187 Å². The molecule has 0 aliphatic rings. The van der Waals surface area contributed by atoms with Crippen LogP contribution in [0.5, 0.6) is 0 Å². The highest BCUT2D eigenvalue weighted by Gasteiger charge is 2.26. The second kappa shape index (κ2) is 9.20. The number of hydrogen-bond acceptors (Lipinski definition) is 5. The molecule has 0 atom stereocenters. The van der Waals surface area contributed by atoms with Crippen molar-refractivity contribution >= 4 is 31.2 Å². The van der Waals surface area contributed by atoms with Crippen LogP contribution < -0.4 is 0 Å². The molecule has 166 valence electrons. The first kappa shape index (κ1) is 23.6. The van der Waals surface area contributed by atoms with Gasteiger partial charge in [-0.3, -0.25) is 0 Å². The Hall–Kier alpha value is -2.07. The molecule has 0 N–H and O–H groups in total. The lowest BCUT2D eigenvalue weighted by molar-refractivity contribution is 0.364. The van der Waals surface area contributed by atoms with Crippen molar-refractivity contribution in [1.82, 2.24) is 4.31 Å². The van der Waals surface area contributed by atoms with E-state index in [1.807, 2.05) is 32.0 Å². The summed E-state index contributed by atoms with van der Waals surface area (Å²) in [6.45, 7) is 4.28. The fourth-order valence-corrected chi connectivity index (χ4v) is 6.49. The molecule has 0 aliphatic carbocycles. The molecule has 2 aromatic carbocycles. The number of sulfonamides is 1. The summed E-state index contributed by atoms with van der Waals surface area (Å²) in [6, 6.07) is 15.4. The van der Waals surface area contributed by atoms with Gasteiger partial charge in [-0.15, -0.1) is 11.3 Å². The Morgan fingerprint density at radius 3 is 2.26 bits per heavy atom. The summed E-state index contributed by atoms with van der Waals surface area (Å²) < 4.78 is 65.0. The lowest BCUT2D eigenvalue weighted by atomic mass is 10.2. The molecule has 0 radical (unpaired) electrons. The van der Waals surface area contributed by atoms with Crippen LogP contribution in [0.1, 0.15) is 18.7 Å². The topological polar surface area (TPSA) is 71.5 Å². The van der Waals surface area contributed by atoms with Gasteiger partial charge in [0.2, 0.25) is 10.0 Å². The Morgan fingerprint density at radius 2 is 1.61 bits per heavy atom. The number of halogens is 1. The first-order chi connectivity index (χ1) is 14.5. The van der Waals surface area contributed by atoms with Crippen LogP contribution in [-0.2, 0) is 26.4 Å². The minimum absolute atomic E-state index is 0.0780. The number of nitrogens with zero attached hydrogens (tertiary/aromatic N) is 1. The average molecular weight is 482 g/mol. The molecule has 31 heavy (non-hydrogen) atoms. The molecular weight excluding hydrogens is 457 g/mol. The third-order valence-corrected chi connectivity index (χ3v) is 8.58. The summed E-state index contributed by atoms with van der Waals surface area (Å²) in [5.41, 5.74) is 0.752. The van der Waals surface area contributed by atoms with Crippen LogP contribution in [0.2, 0.25) is 0 Å². The summed E-state index contributed by atoms with van der Waals surface area (Å²) in [5.74, 6) is -0.524. The van der Waals surface area contributed by atoms with E-state index in [-0.39, 0.29) is 28.8 Å². The molecule has 0 spiro atoms. The Bertz CT molecular complexity index is 1280. The van der Waals surface area contributed by atoms with Gasteiger partial charge in [-0.2, -0.15) is 4.31 Å². The fourth-order valence-electron chi connectivity index (χ4n) is 3.10. The zero-order valence-electron chi connectivity index (χ0n) is 17.4. The predicted octanol–water partition coefficient (Wildman–Crippen LogP) is 4.80. The van der Waals surface area contributed by atoms with E-state index in [2.05, 4.69) is 0 Å². The Kier molecular flexibility index (Phi) is 7.00. The molecule has 0 aliphatic heterocycles. The maximum Gasteiger partial charge on any atom is 0.243 e. The van der Waals surface area contributed by atoms with E-state index in [9.17, 15) is 21.2 Å². The van der Waals surface area contributed by atoms with Gasteiger partial charge in [-0.25, -0.2) is 21.2 Å². The van der Waals surface area contributed by atoms with E-state index >= 15 is 0 Å². The number of rotatable bonds is 8. The number of thiophene rings is 1. The molecule has 3 aromatic rings. The second-order valence-electron chi connectivity index (χ2n) is 7.71. The molecule has 9 heteroatoms. The number of benzene rings is 2. The van der Waals surface area contributed by atoms with E-state index in [4.69, 9.17) is 0 Å². The first-order valence-electron chi connectivity index (χ1n) is 9.62. The molecule has 0 amide bonds. The van der Waals surface area contributed by atoms with E-state index < -0.39 is 25.7 Å². The second-order valence-corrected chi connectivity index (χ2v) is 12.8. The minimum atomic E-state index is -3.88. The fraction of sp³-hybridized carbons (Fsp3) is 0.273. The van der Waals surface area contributed by atoms with Crippen LogP contribution in [-0.4, -0.2) is 33.9 Å². The summed E-state index contributed by atoms with van der Waals surface area (Å²) >= 11 is 1.40. The zero-order chi connectivity index (χ0) is 22.8. The molecule has 0 saturated carbocycles. The van der Waals surface area contributed by atoms with Gasteiger partial charge in [-0.05, 0) is 53.9 Å². The molecule has 0 saturated heterocycles. The largest absolute Gasteiger partial charge is 0.243 e. The molecule has 1 aromatic heterocycles. The molecule has 3 rings (SSSR count). The summed E-state index contributed by atoms with van der Waals surface area (Å²) in [4.78, 5) is 1.80. The summed E-state index contributed by atoms with van der Waals surface area (Å²) in [5, 5.41) is 0. The Morgan fingerprint density at radius 1 is 0.935 bits per heavy atom. The van der Waals surface area contributed by atoms with Crippen LogP contribution in [0.15, 0.2) is 70.5 Å². The van der Waals surface area contributed by atoms with Gasteiger partial charge in [0, 0.05) is 29.1 Å². The van der Waals surface area contributed by atoms with Crippen LogP contribution in [0.4, 0.5) is 4.39 Å². The standard InChI is InChI=1S/C22H24FNO4S3/c1-16(2)14-24(31(27,28)21-9-5-7-18(23)13-21)15-19-10-11-22(29-19)17-6-4-8-20(12-17)30(3,25)26/h4-13,16H,14-15H2,1-3H3. The number of sulfone groups is 1. The molecular formula is C22H24FNO4S3. The van der Waals surface area contributed by atoms with Crippen molar-refractivity contribution in [2.24, 2.45) is 5.92 Å². The first-order valence-corrected chi connectivity index (χ1v) is 13.8. The third-order valence-electron chi connectivity index (χ3n) is 4.54. The minimum Gasteiger partial charge on any atom is -0.224 e. The van der Waals surface area contributed by atoms with Crippen molar-refractivity contribution in [3.63, 3.8) is 0 Å². The van der Waals surface area contributed by atoms with E-state index in [1.165, 1.54) is 33.8 Å². The van der Waals surface area contributed by atoms with Gasteiger partial charge in [-0.1, -0.05) is 32.0 Å². The highest BCUT2D eigenvalue weighted by Crippen LogP contribution is 2.31. The van der Waals surface area contributed by atoms with E-state index in [0.717, 1.165) is 27.6 Å². The maximum absolute atomic E-state index is 13.6. The van der Waals surface area contributed by atoms with Gasteiger partial charge >= 0.3 is 0 Å². The normalized spacial score (nSPS) is 12.6. The van der Waals surface area contributed by atoms with Gasteiger partial charge in [0.05, 0.1) is 9.79 Å². The van der Waals surface area contributed by atoms with E-state index in [1.54, 1.807) is 18.2 Å². The van der Waals surface area contributed by atoms with Crippen LogP contribution in [0.25, 0.3) is 10.4 Å². The summed E-state index contributed by atoms with van der Waals surface area (Å²) in [6.07, 6.45) is 1.16. The van der Waals surface area contributed by atoms with Crippen molar-refractivity contribution in [2.75, 3.05) is 12.8 Å². The van der Waals surface area contributed by atoms with Crippen molar-refractivity contribution in [3.8, 4) is 10.4 Å². The van der Waals surface area contributed by atoms with Gasteiger partial charge < -0.3 is 0 Å². The van der Waals surface area contributed by atoms with Gasteiger partial charge in [0.15, 0.2) is 9.84 Å². The summed E-state index contributed by atoms with van der Waals surface area (Å²) in [7, 11) is -7.20. The number of hydrogen-bond donors (Lipinski definition) is 0. The third kappa shape index (κ3) is 5.79. The molecule has 0 unspecified atom stereocenters. The molecule has 0 bridgehead atoms. The van der Waals surface area contributed by atoms with Crippen molar-refractivity contribution in [3.05, 3.63) is 71.4 Å². The zero-order valence-corrected chi connectivity index (χ0v) is 19.9. The lowest BCUT2D eigenvalue weighted by Crippen LogP contribution is -2.33. The lowest BCUT2D eigenvalue weighted by Gasteiger charge is -2.23. The van der Waals surface area contributed by atoms with Crippen LogP contribution in [0.3, 0.4) is 0 Å². The average Bonchev–Trinajstić information content (AvgIpc) is 3.15. The van der Waals surface area contributed by atoms with Crippen molar-refractivity contribution in [1.29, 1.82) is 0 Å². The molecule has 0 fully saturated rings. The van der Waals surface area contributed by atoms with Gasteiger partial charge in [0.25, 0.3) is 0 Å². The highest BCUT2D eigenvalue weighted by molar-refractivity contribution is 7.90. The van der Waals surface area contributed by atoms with Crippen LogP contribution >= 0.6 is 11.3 Å². The molecule has 5 nitrogen and oxygen atoms in total. The molecule has 1 heterocycles. The monoisotopic (exact) mass is 481 g/mol. The highest BCUT2D eigenvalue weighted by atomic mass is 32.2. The van der Waals surface area contributed by atoms with Crippen molar-refractivity contribution in [2.45, 2.75) is 30.2 Å². The SMILES string of the molecule is CC(C)CN(Cc1ccc(-c2cccc(S(C)(=O)=O)c2)s1)S(=O)(=O)c1cccc(F)c1.